The van der Waals surface area contributed by atoms with E-state index in [2.05, 4.69) is 0 Å². The van der Waals surface area contributed by atoms with Gasteiger partial charge in [-0.1, -0.05) is 0 Å². The van der Waals surface area contributed by atoms with E-state index in [9.17, 15) is 9.59 Å². The minimum absolute atomic E-state index is 0.0786. The van der Waals surface area contributed by atoms with Gasteiger partial charge in [-0.05, 0) is 30.2 Å². The lowest BCUT2D eigenvalue weighted by Crippen LogP contribution is -2.28. The van der Waals surface area contributed by atoms with Gasteiger partial charge in [-0.25, -0.2) is 4.79 Å². The molecule has 2 heterocycles. The summed E-state index contributed by atoms with van der Waals surface area (Å²) in [7, 11) is 1.56. The van der Waals surface area contributed by atoms with Crippen LogP contribution in [0.4, 0.5) is 5.69 Å². The van der Waals surface area contributed by atoms with Crippen LogP contribution >= 0.6 is 11.3 Å². The van der Waals surface area contributed by atoms with Gasteiger partial charge in [0.05, 0.1) is 17.6 Å². The van der Waals surface area contributed by atoms with Crippen LogP contribution in [-0.2, 0) is 6.42 Å². The predicted molar refractivity (Wildman–Crippen MR) is 79.7 cm³/mol. The first kappa shape index (κ1) is 13.6. The van der Waals surface area contributed by atoms with Crippen LogP contribution in [0.2, 0.25) is 0 Å². The summed E-state index contributed by atoms with van der Waals surface area (Å²) < 4.78 is 5.09. The minimum atomic E-state index is -0.953. The maximum Gasteiger partial charge on any atom is 0.335 e. The topological polar surface area (TPSA) is 66.8 Å². The smallest absolute Gasteiger partial charge is 0.335 e. The number of ether oxygens (including phenoxy) is 1. The van der Waals surface area contributed by atoms with Crippen molar-refractivity contribution in [2.75, 3.05) is 18.6 Å². The molecule has 21 heavy (non-hydrogen) atoms. The lowest BCUT2D eigenvalue weighted by atomic mass is 10.1. The number of carbonyl (C=O) groups is 2. The van der Waals surface area contributed by atoms with Gasteiger partial charge >= 0.3 is 5.97 Å². The van der Waals surface area contributed by atoms with Crippen molar-refractivity contribution >= 4 is 28.9 Å². The molecule has 1 aliphatic heterocycles. The average molecular weight is 303 g/mol. The van der Waals surface area contributed by atoms with Crippen molar-refractivity contribution in [3.63, 3.8) is 0 Å². The zero-order valence-corrected chi connectivity index (χ0v) is 12.1. The second-order valence-corrected chi connectivity index (χ2v) is 5.62. The van der Waals surface area contributed by atoms with E-state index in [1.54, 1.807) is 35.6 Å². The molecule has 0 aliphatic carbocycles. The fraction of sp³-hybridized carbons (Fsp3) is 0.200. The molecule has 0 fully saturated rings. The number of hydrogen-bond donors (Lipinski definition) is 1. The third-order valence-electron chi connectivity index (χ3n) is 3.49. The Morgan fingerprint density at radius 2 is 2.14 bits per heavy atom. The Kier molecular flexibility index (Phi) is 3.39. The van der Waals surface area contributed by atoms with E-state index >= 15 is 0 Å². The molecule has 1 amide bonds. The highest BCUT2D eigenvalue weighted by molar-refractivity contribution is 7.12. The molecule has 3 rings (SSSR count). The van der Waals surface area contributed by atoms with E-state index in [4.69, 9.17) is 9.84 Å². The summed E-state index contributed by atoms with van der Waals surface area (Å²) in [5, 5.41) is 10.8. The fourth-order valence-corrected chi connectivity index (χ4v) is 3.22. The van der Waals surface area contributed by atoms with Gasteiger partial charge in [0.15, 0.2) is 0 Å². The summed E-state index contributed by atoms with van der Waals surface area (Å²) >= 11 is 1.34. The monoisotopic (exact) mass is 303 g/mol. The van der Waals surface area contributed by atoms with E-state index in [1.165, 1.54) is 17.4 Å². The molecule has 6 heteroatoms. The Hall–Kier alpha value is -2.34. The van der Waals surface area contributed by atoms with E-state index in [1.807, 2.05) is 0 Å². The van der Waals surface area contributed by atoms with Gasteiger partial charge in [-0.15, -0.1) is 11.3 Å². The maximum atomic E-state index is 12.5. The molecule has 1 aromatic heterocycles. The summed E-state index contributed by atoms with van der Waals surface area (Å²) in [6.07, 6.45) is 0.671. The van der Waals surface area contributed by atoms with E-state index in [0.29, 0.717) is 23.6 Å². The summed E-state index contributed by atoms with van der Waals surface area (Å²) in [5.74, 6) is -0.361. The van der Waals surface area contributed by atoms with Crippen molar-refractivity contribution in [2.45, 2.75) is 6.42 Å². The molecule has 108 valence electrons. The molecule has 0 bridgehead atoms. The van der Waals surface area contributed by atoms with Gasteiger partial charge in [0.1, 0.15) is 5.75 Å². The van der Waals surface area contributed by atoms with Crippen LogP contribution in [0.5, 0.6) is 5.75 Å². The van der Waals surface area contributed by atoms with Crippen molar-refractivity contribution < 1.29 is 19.4 Å². The maximum absolute atomic E-state index is 12.5. The van der Waals surface area contributed by atoms with Gasteiger partial charge in [0.25, 0.3) is 5.91 Å². The number of carboxylic acids is 1. The van der Waals surface area contributed by atoms with E-state index < -0.39 is 5.97 Å². The molecule has 1 N–H and O–H groups in total. The summed E-state index contributed by atoms with van der Waals surface area (Å²) in [4.78, 5) is 25.8. The van der Waals surface area contributed by atoms with Crippen LogP contribution in [0, 0.1) is 0 Å². The number of amides is 1. The number of rotatable bonds is 3. The van der Waals surface area contributed by atoms with Gasteiger partial charge in [-0.3, -0.25) is 4.79 Å². The van der Waals surface area contributed by atoms with Gasteiger partial charge < -0.3 is 14.7 Å². The molecule has 0 radical (unpaired) electrons. The van der Waals surface area contributed by atoms with Crippen molar-refractivity contribution in [1.82, 2.24) is 0 Å². The molecule has 5 nitrogen and oxygen atoms in total. The standard InChI is InChI=1S/C15H13NO4S/c1-20-11-7-13(21-8-11)14(17)16-5-4-9-6-10(15(18)19)2-3-12(9)16/h2-3,6-8H,4-5H2,1H3,(H,18,19). The molecule has 1 aromatic carbocycles. The average Bonchev–Trinajstić information content (AvgIpc) is 3.12. The van der Waals surface area contributed by atoms with Gasteiger partial charge in [-0.2, -0.15) is 0 Å². The Balaban J connectivity index is 1.90. The van der Waals surface area contributed by atoms with Gasteiger partial charge in [0, 0.05) is 23.7 Å². The van der Waals surface area contributed by atoms with Gasteiger partial charge in [0.2, 0.25) is 0 Å². The number of methoxy groups -OCH3 is 1. The highest BCUT2D eigenvalue weighted by atomic mass is 32.1. The Labute approximate surface area is 125 Å². The number of carboxylic acid groups (broad SMARTS) is 1. The first-order valence-corrected chi connectivity index (χ1v) is 7.28. The van der Waals surface area contributed by atoms with Crippen molar-refractivity contribution in [3.8, 4) is 5.75 Å². The first-order chi connectivity index (χ1) is 10.1. The molecule has 1 aliphatic rings. The third kappa shape index (κ3) is 2.38. The Morgan fingerprint density at radius 1 is 1.33 bits per heavy atom. The van der Waals surface area contributed by atoms with Crippen molar-refractivity contribution in [1.29, 1.82) is 0 Å². The first-order valence-electron chi connectivity index (χ1n) is 6.41. The minimum Gasteiger partial charge on any atom is -0.496 e. The van der Waals surface area contributed by atoms with Crippen LogP contribution in [0.3, 0.4) is 0 Å². The van der Waals surface area contributed by atoms with Crippen LogP contribution < -0.4 is 9.64 Å². The number of nitrogens with zero attached hydrogens (tertiary/aromatic N) is 1. The fourth-order valence-electron chi connectivity index (χ4n) is 2.42. The number of carbonyl (C=O) groups excluding carboxylic acids is 1. The van der Waals surface area contributed by atoms with Crippen molar-refractivity contribution in [3.05, 3.63) is 45.6 Å². The lowest BCUT2D eigenvalue weighted by molar-refractivity contribution is 0.0696. The number of anilines is 1. The van der Waals surface area contributed by atoms with Crippen LogP contribution in [0.15, 0.2) is 29.6 Å². The molecule has 0 saturated carbocycles. The zero-order valence-electron chi connectivity index (χ0n) is 11.3. The number of aromatic carboxylic acids is 1. The molecule has 0 saturated heterocycles. The second kappa shape index (κ2) is 5.21. The highest BCUT2D eigenvalue weighted by Crippen LogP contribution is 2.32. The van der Waals surface area contributed by atoms with Crippen LogP contribution in [-0.4, -0.2) is 30.6 Å². The number of fused-ring (bicyclic) bond motifs is 1. The second-order valence-electron chi connectivity index (χ2n) is 4.71. The lowest BCUT2D eigenvalue weighted by Gasteiger charge is -2.16. The Bertz CT molecular complexity index is 722. The highest BCUT2D eigenvalue weighted by Gasteiger charge is 2.27. The SMILES string of the molecule is COc1csc(C(=O)N2CCc3cc(C(=O)O)ccc32)c1. The molecular formula is C15H13NO4S. The molecule has 0 spiro atoms. The van der Waals surface area contributed by atoms with E-state index in [-0.39, 0.29) is 11.5 Å². The molecular weight excluding hydrogens is 290 g/mol. The Morgan fingerprint density at radius 3 is 2.81 bits per heavy atom. The van der Waals surface area contributed by atoms with Crippen molar-refractivity contribution in [2.24, 2.45) is 0 Å². The summed E-state index contributed by atoms with van der Waals surface area (Å²) in [6, 6.07) is 6.59. The molecule has 0 unspecified atom stereocenters. The van der Waals surface area contributed by atoms with Crippen LogP contribution in [0.1, 0.15) is 25.6 Å². The van der Waals surface area contributed by atoms with E-state index in [0.717, 1.165) is 11.3 Å². The normalized spacial score (nSPS) is 13.1. The quantitative estimate of drug-likeness (QED) is 0.946. The molecule has 2 aromatic rings. The number of thiophene rings is 1. The number of benzene rings is 1. The number of hydrogen-bond acceptors (Lipinski definition) is 4. The zero-order chi connectivity index (χ0) is 15.0. The largest absolute Gasteiger partial charge is 0.496 e. The third-order valence-corrected chi connectivity index (χ3v) is 4.39. The summed E-state index contributed by atoms with van der Waals surface area (Å²) in [5.41, 5.74) is 1.94. The molecule has 0 atom stereocenters. The predicted octanol–water partition coefficient (Wildman–Crippen LogP) is 2.66. The summed E-state index contributed by atoms with van der Waals surface area (Å²) in [6.45, 7) is 0.567. The van der Waals surface area contributed by atoms with Crippen LogP contribution in [0.25, 0.3) is 0 Å².